The topological polar surface area (TPSA) is 86.7 Å². The van der Waals surface area contributed by atoms with Crippen molar-refractivity contribution in [3.63, 3.8) is 0 Å². The highest BCUT2D eigenvalue weighted by atomic mass is 32.2. The molecule has 0 aromatic heterocycles. The van der Waals surface area contributed by atoms with Gasteiger partial charge in [-0.05, 0) is 37.8 Å². The fraction of sp³-hybridized carbons (Fsp3) is 0.421. The van der Waals surface area contributed by atoms with Crippen LogP contribution in [0, 0.1) is 0 Å². The lowest BCUT2D eigenvalue weighted by atomic mass is 10.1. The van der Waals surface area contributed by atoms with Crippen LogP contribution in [0.15, 0.2) is 41.8 Å². The first-order valence-electron chi connectivity index (χ1n) is 8.67. The molecule has 1 aliphatic heterocycles. The number of carbonyl (C=O) groups is 3. The Morgan fingerprint density at radius 2 is 1.96 bits per heavy atom. The first kappa shape index (κ1) is 20.0. The molecule has 0 saturated carbocycles. The van der Waals surface area contributed by atoms with Crippen LogP contribution in [-0.2, 0) is 9.59 Å². The number of hydrogen-bond acceptors (Lipinski definition) is 4. The summed E-state index contributed by atoms with van der Waals surface area (Å²) in [5.74, 6) is -1.19. The number of carbonyl (C=O) groups excluding carboxylic acids is 2. The van der Waals surface area contributed by atoms with Crippen LogP contribution in [0.25, 0.3) is 0 Å². The maximum Gasteiger partial charge on any atom is 0.326 e. The van der Waals surface area contributed by atoms with E-state index < -0.39 is 17.9 Å². The van der Waals surface area contributed by atoms with Crippen molar-refractivity contribution in [1.82, 2.24) is 10.2 Å². The second-order valence-corrected chi connectivity index (χ2v) is 7.12. The summed E-state index contributed by atoms with van der Waals surface area (Å²) in [5.41, 5.74) is 0.386. The zero-order valence-electron chi connectivity index (χ0n) is 14.6. The molecule has 1 aromatic rings. The number of hydrogen-bond donors (Lipinski definition) is 2. The van der Waals surface area contributed by atoms with E-state index in [9.17, 15) is 19.5 Å². The first-order valence-corrected chi connectivity index (χ1v) is 9.65. The Labute approximate surface area is 157 Å². The highest BCUT2D eigenvalue weighted by Crippen LogP contribution is 2.24. The number of nitrogens with zero attached hydrogens (tertiary/aromatic N) is 1. The van der Waals surface area contributed by atoms with Crippen molar-refractivity contribution in [2.24, 2.45) is 0 Å². The quantitative estimate of drug-likeness (QED) is 0.511. The first-order chi connectivity index (χ1) is 12.5. The minimum atomic E-state index is -1.07. The van der Waals surface area contributed by atoms with Crippen molar-refractivity contribution in [3.8, 4) is 0 Å². The lowest BCUT2D eigenvalue weighted by Gasteiger charge is -2.17. The predicted octanol–water partition coefficient (Wildman–Crippen LogP) is 2.55. The third-order valence-electron chi connectivity index (χ3n) is 4.20. The van der Waals surface area contributed by atoms with E-state index in [1.165, 1.54) is 11.8 Å². The standard InChI is InChI=1S/C19H24N2O4S/c1-2-3-9-15(19(24)25)20-18(23)14-8-4-5-10-16(14)26-13-17(22)21-11-6-7-12-21/h2,4-5,8,10,15H,1,3,6-7,9,11-13H2,(H,20,23)(H,24,25). The Bertz CT molecular complexity index is 671. The number of carboxylic acid groups (broad SMARTS) is 1. The smallest absolute Gasteiger partial charge is 0.326 e. The van der Waals surface area contributed by atoms with Gasteiger partial charge in [-0.1, -0.05) is 18.2 Å². The third kappa shape index (κ3) is 5.62. The van der Waals surface area contributed by atoms with E-state index in [1.807, 2.05) is 4.90 Å². The summed E-state index contributed by atoms with van der Waals surface area (Å²) in [7, 11) is 0. The number of likely N-dealkylation sites (tertiary alicyclic amines) is 1. The van der Waals surface area contributed by atoms with Gasteiger partial charge in [0.1, 0.15) is 6.04 Å². The average Bonchev–Trinajstić information content (AvgIpc) is 3.17. The number of thioether (sulfide) groups is 1. The van der Waals surface area contributed by atoms with Crippen molar-refractivity contribution >= 4 is 29.5 Å². The van der Waals surface area contributed by atoms with Crippen LogP contribution in [0.2, 0.25) is 0 Å². The SMILES string of the molecule is C=CCCC(NC(=O)c1ccccc1SCC(=O)N1CCCC1)C(=O)O. The summed E-state index contributed by atoms with van der Waals surface area (Å²) < 4.78 is 0. The van der Waals surface area contributed by atoms with Gasteiger partial charge in [-0.15, -0.1) is 18.3 Å². The van der Waals surface area contributed by atoms with Crippen LogP contribution in [0.1, 0.15) is 36.0 Å². The number of benzene rings is 1. The zero-order chi connectivity index (χ0) is 18.9. The molecule has 2 N–H and O–H groups in total. The molecule has 1 heterocycles. The molecule has 6 nitrogen and oxygen atoms in total. The molecular weight excluding hydrogens is 352 g/mol. The van der Waals surface area contributed by atoms with Crippen molar-refractivity contribution in [2.45, 2.75) is 36.6 Å². The van der Waals surface area contributed by atoms with E-state index in [-0.39, 0.29) is 18.1 Å². The van der Waals surface area contributed by atoms with E-state index in [2.05, 4.69) is 11.9 Å². The third-order valence-corrected chi connectivity index (χ3v) is 5.26. The summed E-state index contributed by atoms with van der Waals surface area (Å²) >= 11 is 1.31. The second-order valence-electron chi connectivity index (χ2n) is 6.10. The van der Waals surface area contributed by atoms with Gasteiger partial charge >= 0.3 is 5.97 Å². The van der Waals surface area contributed by atoms with Gasteiger partial charge in [0.15, 0.2) is 0 Å². The Balaban J connectivity index is 2.01. The molecule has 0 bridgehead atoms. The van der Waals surface area contributed by atoms with Gasteiger partial charge in [-0.3, -0.25) is 9.59 Å². The lowest BCUT2D eigenvalue weighted by Crippen LogP contribution is -2.40. The van der Waals surface area contributed by atoms with Crippen LogP contribution < -0.4 is 5.32 Å². The van der Waals surface area contributed by atoms with Gasteiger partial charge in [0.05, 0.1) is 11.3 Å². The fourth-order valence-electron chi connectivity index (χ4n) is 2.76. The molecule has 0 aliphatic carbocycles. The molecule has 1 saturated heterocycles. The minimum Gasteiger partial charge on any atom is -0.480 e. The number of amides is 2. The van der Waals surface area contributed by atoms with Gasteiger partial charge in [-0.2, -0.15) is 0 Å². The van der Waals surface area contributed by atoms with Crippen molar-refractivity contribution < 1.29 is 19.5 Å². The lowest BCUT2D eigenvalue weighted by molar-refractivity contribution is -0.139. The molecule has 1 aromatic carbocycles. The molecular formula is C19H24N2O4S. The van der Waals surface area contributed by atoms with Gasteiger partial charge in [0.2, 0.25) is 5.91 Å². The summed E-state index contributed by atoms with van der Waals surface area (Å²) in [6.07, 6.45) is 4.48. The van der Waals surface area contributed by atoms with Crippen molar-refractivity contribution in [2.75, 3.05) is 18.8 Å². The molecule has 1 atom stereocenters. The Morgan fingerprint density at radius 3 is 2.62 bits per heavy atom. The van der Waals surface area contributed by atoms with Crippen LogP contribution >= 0.6 is 11.8 Å². The monoisotopic (exact) mass is 376 g/mol. The van der Waals surface area contributed by atoms with E-state index in [4.69, 9.17) is 0 Å². The van der Waals surface area contributed by atoms with Gasteiger partial charge in [0.25, 0.3) is 5.91 Å². The van der Waals surface area contributed by atoms with Crippen molar-refractivity contribution in [3.05, 3.63) is 42.5 Å². The number of aliphatic carboxylic acids is 1. The van der Waals surface area contributed by atoms with Gasteiger partial charge in [-0.25, -0.2) is 4.79 Å². The molecule has 140 valence electrons. The van der Waals surface area contributed by atoms with Gasteiger partial charge in [0, 0.05) is 18.0 Å². The summed E-state index contributed by atoms with van der Waals surface area (Å²) in [6, 6.07) is 5.97. The highest BCUT2D eigenvalue weighted by Gasteiger charge is 2.22. The van der Waals surface area contributed by atoms with Crippen LogP contribution in [0.5, 0.6) is 0 Å². The van der Waals surface area contributed by atoms with E-state index in [1.54, 1.807) is 30.3 Å². The molecule has 2 amide bonds. The van der Waals surface area contributed by atoms with E-state index in [0.717, 1.165) is 25.9 Å². The Hall–Kier alpha value is -2.28. The van der Waals surface area contributed by atoms with Crippen LogP contribution in [0.3, 0.4) is 0 Å². The maximum atomic E-state index is 12.5. The minimum absolute atomic E-state index is 0.0668. The normalized spacial score (nSPS) is 14.7. The van der Waals surface area contributed by atoms with Crippen molar-refractivity contribution in [1.29, 1.82) is 0 Å². The summed E-state index contributed by atoms with van der Waals surface area (Å²) in [4.78, 5) is 38.6. The molecule has 1 fully saturated rings. The van der Waals surface area contributed by atoms with E-state index >= 15 is 0 Å². The molecule has 1 aliphatic rings. The Morgan fingerprint density at radius 1 is 1.27 bits per heavy atom. The summed E-state index contributed by atoms with van der Waals surface area (Å²) in [6.45, 7) is 5.17. The largest absolute Gasteiger partial charge is 0.480 e. The number of allylic oxidation sites excluding steroid dienone is 1. The fourth-order valence-corrected chi connectivity index (χ4v) is 3.71. The maximum absolute atomic E-state index is 12.5. The molecule has 0 radical (unpaired) electrons. The highest BCUT2D eigenvalue weighted by molar-refractivity contribution is 8.00. The number of rotatable bonds is 9. The zero-order valence-corrected chi connectivity index (χ0v) is 15.5. The molecule has 2 rings (SSSR count). The van der Waals surface area contributed by atoms with E-state index in [0.29, 0.717) is 16.9 Å². The molecule has 7 heteroatoms. The molecule has 26 heavy (non-hydrogen) atoms. The van der Waals surface area contributed by atoms with Gasteiger partial charge < -0.3 is 15.3 Å². The van der Waals surface area contributed by atoms with Crippen LogP contribution in [-0.4, -0.2) is 52.7 Å². The second kappa shape index (κ2) is 10.0. The average molecular weight is 376 g/mol. The van der Waals surface area contributed by atoms with Crippen LogP contribution in [0.4, 0.5) is 0 Å². The molecule has 1 unspecified atom stereocenters. The number of nitrogens with one attached hydrogen (secondary N) is 1. The number of carboxylic acids is 1. The Kier molecular flexibility index (Phi) is 7.72. The summed E-state index contributed by atoms with van der Waals surface area (Å²) in [5, 5.41) is 11.8. The predicted molar refractivity (Wildman–Crippen MR) is 101 cm³/mol. The molecule has 0 spiro atoms.